The van der Waals surface area contributed by atoms with Gasteiger partial charge in [0.05, 0.1) is 4.87 Å². The first kappa shape index (κ1) is 22.3. The maximum Gasteiger partial charge on any atom is 0.0607 e. The van der Waals surface area contributed by atoms with Gasteiger partial charge in [-0.2, -0.15) is 12.6 Å². The summed E-state index contributed by atoms with van der Waals surface area (Å²) in [5.41, 5.74) is 0. The van der Waals surface area contributed by atoms with Gasteiger partial charge < -0.3 is 0 Å². The molecule has 1 unspecified atom stereocenters. The highest BCUT2D eigenvalue weighted by molar-refractivity contribution is 7.81. The third kappa shape index (κ3) is 13.9. The highest BCUT2D eigenvalue weighted by Crippen LogP contribution is 2.24. The standard InChI is InChI=1S/C20H43NS/c1-5-6-7-8-9-10-11-12-13-14-15-16-17-18-19-20(2,22)21(3)4/h22H,5-19H2,1-4H3. The summed E-state index contributed by atoms with van der Waals surface area (Å²) in [5.74, 6) is 0. The molecule has 0 radical (unpaired) electrons. The van der Waals surface area contributed by atoms with Crippen molar-refractivity contribution in [3.8, 4) is 0 Å². The van der Waals surface area contributed by atoms with E-state index < -0.39 is 0 Å². The van der Waals surface area contributed by atoms with E-state index in [1.807, 2.05) is 0 Å². The molecule has 0 fully saturated rings. The molecule has 0 heterocycles. The van der Waals surface area contributed by atoms with Crippen LogP contribution in [0, 0.1) is 0 Å². The summed E-state index contributed by atoms with van der Waals surface area (Å²) in [6.07, 6.45) is 21.2. The number of nitrogens with zero attached hydrogens (tertiary/aromatic N) is 1. The topological polar surface area (TPSA) is 3.24 Å². The lowest BCUT2D eigenvalue weighted by Gasteiger charge is -2.31. The van der Waals surface area contributed by atoms with Crippen LogP contribution < -0.4 is 0 Å². The van der Waals surface area contributed by atoms with Crippen LogP contribution in [0.15, 0.2) is 0 Å². The summed E-state index contributed by atoms with van der Waals surface area (Å²) in [7, 11) is 4.24. The lowest BCUT2D eigenvalue weighted by molar-refractivity contribution is 0.258. The van der Waals surface area contributed by atoms with Gasteiger partial charge in [-0.1, -0.05) is 96.8 Å². The Morgan fingerprint density at radius 1 is 0.636 bits per heavy atom. The molecule has 0 aliphatic carbocycles. The van der Waals surface area contributed by atoms with Gasteiger partial charge in [-0.25, -0.2) is 0 Å². The van der Waals surface area contributed by atoms with Crippen LogP contribution in [0.5, 0.6) is 0 Å². The second-order valence-corrected chi connectivity index (χ2v) is 8.42. The van der Waals surface area contributed by atoms with Crippen LogP contribution >= 0.6 is 12.6 Å². The van der Waals surface area contributed by atoms with E-state index in [1.54, 1.807) is 0 Å². The van der Waals surface area contributed by atoms with Crippen molar-refractivity contribution in [1.29, 1.82) is 0 Å². The molecule has 0 aliphatic heterocycles. The Labute approximate surface area is 147 Å². The van der Waals surface area contributed by atoms with Crippen molar-refractivity contribution in [1.82, 2.24) is 4.90 Å². The molecule has 0 bridgehead atoms. The molecule has 0 saturated carbocycles. The highest BCUT2D eigenvalue weighted by atomic mass is 32.1. The van der Waals surface area contributed by atoms with Crippen LogP contribution in [0.25, 0.3) is 0 Å². The third-order valence-electron chi connectivity index (χ3n) is 4.97. The summed E-state index contributed by atoms with van der Waals surface area (Å²) < 4.78 is 0. The zero-order valence-electron chi connectivity index (χ0n) is 16.0. The van der Waals surface area contributed by atoms with Crippen LogP contribution in [0.1, 0.15) is 110 Å². The highest BCUT2D eigenvalue weighted by Gasteiger charge is 2.20. The van der Waals surface area contributed by atoms with Crippen LogP contribution in [-0.4, -0.2) is 23.9 Å². The predicted molar refractivity (Wildman–Crippen MR) is 106 cm³/mol. The molecule has 0 saturated heterocycles. The molecule has 2 heteroatoms. The quantitative estimate of drug-likeness (QED) is 0.180. The molecule has 0 aromatic heterocycles. The minimum Gasteiger partial charge on any atom is -0.296 e. The first-order valence-corrected chi connectivity index (χ1v) is 10.3. The molecule has 0 N–H and O–H groups in total. The van der Waals surface area contributed by atoms with Gasteiger partial charge in [-0.3, -0.25) is 4.90 Å². The summed E-state index contributed by atoms with van der Waals surface area (Å²) in [6, 6.07) is 0. The Morgan fingerprint density at radius 2 is 0.955 bits per heavy atom. The van der Waals surface area contributed by atoms with Crippen molar-refractivity contribution in [3.05, 3.63) is 0 Å². The van der Waals surface area contributed by atoms with Gasteiger partial charge in [0, 0.05) is 0 Å². The van der Waals surface area contributed by atoms with Crippen molar-refractivity contribution in [2.24, 2.45) is 0 Å². The molecule has 1 nitrogen and oxygen atoms in total. The van der Waals surface area contributed by atoms with Gasteiger partial charge >= 0.3 is 0 Å². The van der Waals surface area contributed by atoms with Crippen molar-refractivity contribution in [2.75, 3.05) is 14.1 Å². The molecule has 0 aliphatic rings. The summed E-state index contributed by atoms with van der Waals surface area (Å²) in [4.78, 5) is 2.29. The van der Waals surface area contributed by atoms with E-state index in [4.69, 9.17) is 12.6 Å². The van der Waals surface area contributed by atoms with Gasteiger partial charge in [0.1, 0.15) is 0 Å². The number of hydrogen-bond donors (Lipinski definition) is 1. The second-order valence-electron chi connectivity index (χ2n) is 7.46. The van der Waals surface area contributed by atoms with Crippen LogP contribution in [0.4, 0.5) is 0 Å². The van der Waals surface area contributed by atoms with Gasteiger partial charge in [-0.15, -0.1) is 0 Å². The molecule has 1 atom stereocenters. The molecule has 0 spiro atoms. The summed E-state index contributed by atoms with van der Waals surface area (Å²) >= 11 is 4.73. The van der Waals surface area contributed by atoms with E-state index in [2.05, 4.69) is 32.8 Å². The number of rotatable bonds is 16. The predicted octanol–water partition coefficient (Wildman–Crippen LogP) is 7.07. The lowest BCUT2D eigenvalue weighted by atomic mass is 10.0. The molecular formula is C20H43NS. The molecule has 0 aromatic carbocycles. The summed E-state index contributed by atoms with van der Waals surface area (Å²) in [5, 5.41) is 0. The Hall–Kier alpha value is 0.310. The largest absolute Gasteiger partial charge is 0.296 e. The Bertz CT molecular complexity index is 226. The minimum absolute atomic E-state index is 0.0666. The van der Waals surface area contributed by atoms with Crippen LogP contribution in [0.2, 0.25) is 0 Å². The minimum atomic E-state index is 0.0666. The van der Waals surface area contributed by atoms with E-state index in [0.29, 0.717) is 0 Å². The number of thiol groups is 1. The van der Waals surface area contributed by atoms with Crippen LogP contribution in [-0.2, 0) is 0 Å². The van der Waals surface area contributed by atoms with Crippen molar-refractivity contribution >= 4 is 12.6 Å². The Kier molecular flexibility index (Phi) is 15.1. The van der Waals surface area contributed by atoms with E-state index >= 15 is 0 Å². The van der Waals surface area contributed by atoms with Gasteiger partial charge in [0.2, 0.25) is 0 Å². The SMILES string of the molecule is CCCCCCCCCCCCCCCCC(C)(S)N(C)C. The molecule has 134 valence electrons. The third-order valence-corrected chi connectivity index (χ3v) is 5.59. The zero-order valence-corrected chi connectivity index (χ0v) is 16.9. The molecule has 22 heavy (non-hydrogen) atoms. The molecule has 0 rings (SSSR count). The fourth-order valence-corrected chi connectivity index (χ4v) is 3.04. The Morgan fingerprint density at radius 3 is 1.27 bits per heavy atom. The van der Waals surface area contributed by atoms with Gasteiger partial charge in [-0.05, 0) is 27.4 Å². The van der Waals surface area contributed by atoms with E-state index in [-0.39, 0.29) is 4.87 Å². The van der Waals surface area contributed by atoms with E-state index in [0.717, 1.165) is 0 Å². The molecular weight excluding hydrogens is 286 g/mol. The maximum absolute atomic E-state index is 4.73. The summed E-state index contributed by atoms with van der Waals surface area (Å²) in [6.45, 7) is 4.51. The van der Waals surface area contributed by atoms with E-state index in [9.17, 15) is 0 Å². The Balaban J connectivity index is 3.15. The van der Waals surface area contributed by atoms with Gasteiger partial charge in [0.15, 0.2) is 0 Å². The maximum atomic E-state index is 4.73. The molecule has 0 amide bonds. The van der Waals surface area contributed by atoms with Crippen molar-refractivity contribution < 1.29 is 0 Å². The lowest BCUT2D eigenvalue weighted by Crippen LogP contribution is -2.35. The average molecular weight is 330 g/mol. The first-order valence-electron chi connectivity index (χ1n) is 9.90. The van der Waals surface area contributed by atoms with Gasteiger partial charge in [0.25, 0.3) is 0 Å². The second kappa shape index (κ2) is 14.9. The van der Waals surface area contributed by atoms with Crippen molar-refractivity contribution in [3.63, 3.8) is 0 Å². The fourth-order valence-electron chi connectivity index (χ4n) is 2.88. The first-order chi connectivity index (χ1) is 10.5. The number of unbranched alkanes of at least 4 members (excludes halogenated alkanes) is 13. The zero-order chi connectivity index (χ0) is 16.7. The van der Waals surface area contributed by atoms with Crippen molar-refractivity contribution in [2.45, 2.75) is 115 Å². The molecule has 0 aromatic rings. The van der Waals surface area contributed by atoms with E-state index in [1.165, 1.54) is 96.3 Å². The monoisotopic (exact) mass is 329 g/mol. The number of hydrogen-bond acceptors (Lipinski definition) is 2. The normalized spacial score (nSPS) is 14.5. The fraction of sp³-hybridized carbons (Fsp3) is 1.00. The average Bonchev–Trinajstić information content (AvgIpc) is 2.47. The smallest absolute Gasteiger partial charge is 0.0607 e. The van der Waals surface area contributed by atoms with Crippen LogP contribution in [0.3, 0.4) is 0 Å².